The van der Waals surface area contributed by atoms with Crippen molar-refractivity contribution in [1.82, 2.24) is 0 Å². The van der Waals surface area contributed by atoms with Crippen molar-refractivity contribution < 1.29 is 9.16 Å². The monoisotopic (exact) mass is 393 g/mol. The van der Waals surface area contributed by atoms with Gasteiger partial charge in [-0.2, -0.15) is 5.26 Å². The second kappa shape index (κ2) is 9.94. The van der Waals surface area contributed by atoms with Crippen molar-refractivity contribution in [3.05, 3.63) is 30.3 Å². The zero-order valence-corrected chi connectivity index (χ0v) is 19.4. The highest BCUT2D eigenvalue weighted by Crippen LogP contribution is 2.39. The van der Waals surface area contributed by atoms with Crippen molar-refractivity contribution in [3.8, 4) is 6.07 Å². The number of hydrogen-bond donors (Lipinski definition) is 0. The van der Waals surface area contributed by atoms with Crippen molar-refractivity contribution in [3.63, 3.8) is 0 Å². The molecule has 5 heteroatoms. The summed E-state index contributed by atoms with van der Waals surface area (Å²) in [6.45, 7) is 15.3. The van der Waals surface area contributed by atoms with Crippen molar-refractivity contribution in [2.75, 3.05) is 12.9 Å². The quantitative estimate of drug-likeness (QED) is 0.382. The molecule has 0 aliphatic heterocycles. The maximum absolute atomic E-state index is 9.75. The van der Waals surface area contributed by atoms with Crippen LogP contribution in [0.15, 0.2) is 35.2 Å². The molecule has 0 saturated carbocycles. The van der Waals surface area contributed by atoms with Crippen LogP contribution in [-0.2, 0) is 9.16 Å². The van der Waals surface area contributed by atoms with Gasteiger partial charge in [-0.05, 0) is 36.2 Å². The second-order valence-electron chi connectivity index (χ2n) is 8.59. The SMILES string of the molecule is CO[C@H]([C@H](C)[C@@H](C#N)O[Si](C)(C)C(C)(C)C)[C@@H](C)CSc1ccccc1. The van der Waals surface area contributed by atoms with Crippen molar-refractivity contribution >= 4 is 20.1 Å². The lowest BCUT2D eigenvalue weighted by Gasteiger charge is -2.40. The Morgan fingerprint density at radius 3 is 2.19 bits per heavy atom. The van der Waals surface area contributed by atoms with E-state index in [1.807, 2.05) is 17.8 Å². The van der Waals surface area contributed by atoms with Gasteiger partial charge < -0.3 is 9.16 Å². The third kappa shape index (κ3) is 6.42. The summed E-state index contributed by atoms with van der Waals surface area (Å²) >= 11 is 1.83. The number of nitrogens with zero attached hydrogens (tertiary/aromatic N) is 1. The molecule has 0 fully saturated rings. The van der Waals surface area contributed by atoms with Crippen molar-refractivity contribution in [1.29, 1.82) is 5.26 Å². The third-order valence-electron chi connectivity index (χ3n) is 5.44. The largest absolute Gasteiger partial charge is 0.401 e. The molecule has 1 rings (SSSR count). The Morgan fingerprint density at radius 1 is 1.15 bits per heavy atom. The molecule has 1 aromatic carbocycles. The van der Waals surface area contributed by atoms with Gasteiger partial charge in [0.15, 0.2) is 8.32 Å². The Morgan fingerprint density at radius 2 is 1.73 bits per heavy atom. The fourth-order valence-electron chi connectivity index (χ4n) is 2.72. The molecule has 4 atom stereocenters. The Balaban J connectivity index is 2.78. The van der Waals surface area contributed by atoms with E-state index in [1.165, 1.54) is 4.90 Å². The minimum absolute atomic E-state index is 0.0133. The molecule has 26 heavy (non-hydrogen) atoms. The zero-order chi connectivity index (χ0) is 20.0. The van der Waals surface area contributed by atoms with Crippen LogP contribution in [-0.4, -0.2) is 33.4 Å². The fourth-order valence-corrected chi connectivity index (χ4v) is 4.97. The predicted octanol–water partition coefficient (Wildman–Crippen LogP) is 5.98. The fraction of sp³-hybridized carbons (Fsp3) is 0.667. The number of methoxy groups -OCH3 is 1. The first-order valence-electron chi connectivity index (χ1n) is 9.31. The molecule has 0 radical (unpaired) electrons. The minimum atomic E-state index is -2.00. The molecule has 0 heterocycles. The van der Waals surface area contributed by atoms with Crippen LogP contribution in [0.1, 0.15) is 34.6 Å². The Labute approximate surface area is 165 Å². The van der Waals surface area contributed by atoms with Crippen LogP contribution in [0.25, 0.3) is 0 Å². The first-order valence-corrected chi connectivity index (χ1v) is 13.2. The van der Waals surface area contributed by atoms with Gasteiger partial charge in [-0.25, -0.2) is 0 Å². The van der Waals surface area contributed by atoms with Gasteiger partial charge in [-0.1, -0.05) is 52.8 Å². The van der Waals surface area contributed by atoms with Crippen molar-refractivity contribution in [2.45, 2.75) is 69.9 Å². The van der Waals surface area contributed by atoms with E-state index in [4.69, 9.17) is 9.16 Å². The maximum Gasteiger partial charge on any atom is 0.193 e. The third-order valence-corrected chi connectivity index (χ3v) is 11.2. The molecule has 146 valence electrons. The van der Waals surface area contributed by atoms with Gasteiger partial charge >= 0.3 is 0 Å². The summed E-state index contributed by atoms with van der Waals surface area (Å²) in [5.41, 5.74) is 0. The maximum atomic E-state index is 9.75. The average molecular weight is 394 g/mol. The van der Waals surface area contributed by atoms with Gasteiger partial charge in [-0.3, -0.25) is 0 Å². The smallest absolute Gasteiger partial charge is 0.193 e. The molecule has 0 unspecified atom stereocenters. The molecule has 0 saturated heterocycles. The van der Waals surface area contributed by atoms with Crippen molar-refractivity contribution in [2.24, 2.45) is 11.8 Å². The number of benzene rings is 1. The zero-order valence-electron chi connectivity index (χ0n) is 17.6. The van der Waals surface area contributed by atoms with E-state index in [2.05, 4.69) is 78.0 Å². The Hall–Kier alpha value is -0.803. The molecule has 1 aromatic rings. The molecule has 0 spiro atoms. The first-order chi connectivity index (χ1) is 12.0. The van der Waals surface area contributed by atoms with Crippen LogP contribution in [0.2, 0.25) is 18.1 Å². The molecule has 3 nitrogen and oxygen atoms in total. The normalized spacial score (nSPS) is 17.2. The molecule has 0 aliphatic carbocycles. The van der Waals surface area contributed by atoms with Crippen LogP contribution in [0.3, 0.4) is 0 Å². The summed E-state index contributed by atoms with van der Waals surface area (Å²) < 4.78 is 12.2. The Kier molecular flexibility index (Phi) is 8.88. The minimum Gasteiger partial charge on any atom is -0.401 e. The molecule has 0 amide bonds. The number of ether oxygens (including phenoxy) is 1. The van der Waals surface area contributed by atoms with E-state index in [1.54, 1.807) is 7.11 Å². The summed E-state index contributed by atoms with van der Waals surface area (Å²) in [6, 6.07) is 12.8. The summed E-state index contributed by atoms with van der Waals surface area (Å²) in [4.78, 5) is 1.26. The lowest BCUT2D eigenvalue weighted by molar-refractivity contribution is -0.00939. The van der Waals surface area contributed by atoms with Gasteiger partial charge in [0.25, 0.3) is 0 Å². The standard InChI is InChI=1S/C21H35NO2SSi/c1-16(15-25-18-12-10-9-11-13-18)20(23-6)17(2)19(14-22)24-26(7,8)21(3,4)5/h9-13,16-17,19-20H,15H2,1-8H3/t16-,17+,19+,20-/m0/s1. The van der Waals surface area contributed by atoms with Crippen LogP contribution < -0.4 is 0 Å². The number of rotatable bonds is 9. The van der Waals surface area contributed by atoms with Crippen LogP contribution in [0.4, 0.5) is 0 Å². The molecular weight excluding hydrogens is 358 g/mol. The number of nitriles is 1. The van der Waals surface area contributed by atoms with Gasteiger partial charge in [0, 0.05) is 23.7 Å². The highest BCUT2D eigenvalue weighted by Gasteiger charge is 2.42. The highest BCUT2D eigenvalue weighted by molar-refractivity contribution is 7.99. The summed E-state index contributed by atoms with van der Waals surface area (Å²) in [5, 5.41) is 9.83. The van der Waals surface area contributed by atoms with Gasteiger partial charge in [0.1, 0.15) is 6.10 Å². The number of hydrogen-bond acceptors (Lipinski definition) is 4. The lowest BCUT2D eigenvalue weighted by Crippen LogP contribution is -2.47. The number of thioether (sulfide) groups is 1. The first kappa shape index (κ1) is 23.2. The van der Waals surface area contributed by atoms with Crippen LogP contribution in [0.5, 0.6) is 0 Å². The van der Waals surface area contributed by atoms with E-state index in [0.29, 0.717) is 5.92 Å². The highest BCUT2D eigenvalue weighted by atomic mass is 32.2. The molecule has 0 bridgehead atoms. The Bertz CT molecular complexity index is 580. The summed E-state index contributed by atoms with van der Waals surface area (Å²) in [7, 11) is -0.258. The van der Waals surface area contributed by atoms with Gasteiger partial charge in [-0.15, -0.1) is 11.8 Å². The topological polar surface area (TPSA) is 42.2 Å². The van der Waals surface area contributed by atoms with E-state index in [-0.39, 0.29) is 17.1 Å². The van der Waals surface area contributed by atoms with E-state index in [0.717, 1.165) is 5.75 Å². The van der Waals surface area contributed by atoms with Crippen LogP contribution in [0, 0.1) is 23.2 Å². The second-order valence-corrected chi connectivity index (χ2v) is 14.4. The molecule has 0 N–H and O–H groups in total. The molecular formula is C21H35NO2SSi. The van der Waals surface area contributed by atoms with E-state index >= 15 is 0 Å². The summed E-state index contributed by atoms with van der Waals surface area (Å²) in [6.07, 6.45) is -0.453. The van der Waals surface area contributed by atoms with Crippen LogP contribution >= 0.6 is 11.8 Å². The average Bonchev–Trinajstić information content (AvgIpc) is 2.58. The van der Waals surface area contributed by atoms with Gasteiger partial charge in [0.2, 0.25) is 0 Å². The lowest BCUT2D eigenvalue weighted by atomic mass is 9.90. The molecule has 0 aliphatic rings. The molecule has 0 aromatic heterocycles. The predicted molar refractivity (Wildman–Crippen MR) is 114 cm³/mol. The summed E-state index contributed by atoms with van der Waals surface area (Å²) in [5.74, 6) is 1.29. The van der Waals surface area contributed by atoms with Gasteiger partial charge in [0.05, 0.1) is 12.2 Å². The van der Waals surface area contributed by atoms with E-state index in [9.17, 15) is 5.26 Å². The van der Waals surface area contributed by atoms with E-state index < -0.39 is 14.4 Å².